The molecule has 3 aromatic rings. The number of alkyl halides is 3. The van der Waals surface area contributed by atoms with Gasteiger partial charge in [0.05, 0.1) is 6.54 Å². The Labute approximate surface area is 199 Å². The van der Waals surface area contributed by atoms with E-state index >= 15 is 0 Å². The van der Waals surface area contributed by atoms with Crippen molar-refractivity contribution in [3.63, 3.8) is 0 Å². The van der Waals surface area contributed by atoms with E-state index in [1.165, 1.54) is 5.56 Å². The summed E-state index contributed by atoms with van der Waals surface area (Å²) in [6, 6.07) is 24.9. The number of ether oxygens (including phenoxy) is 1. The monoisotopic (exact) mass is 487 g/mol. The molecule has 1 amide bonds. The summed E-state index contributed by atoms with van der Waals surface area (Å²) in [6.45, 7) is 0.716. The molecule has 3 aromatic carbocycles. The van der Waals surface area contributed by atoms with Gasteiger partial charge in [0.1, 0.15) is 18.2 Å². The van der Waals surface area contributed by atoms with Crippen molar-refractivity contribution in [3.8, 4) is 5.75 Å². The number of carboxylic acid groups (broad SMARTS) is 1. The first-order valence-corrected chi connectivity index (χ1v) is 10.3. The average molecular weight is 487 g/mol. The summed E-state index contributed by atoms with van der Waals surface area (Å²) < 4.78 is 37.3. The Balaban J connectivity index is 0.000000540. The Morgan fingerprint density at radius 1 is 0.914 bits per heavy atom. The predicted molar refractivity (Wildman–Crippen MR) is 125 cm³/mol. The maximum absolute atomic E-state index is 12.3. The second-order valence-corrected chi connectivity index (χ2v) is 7.21. The lowest BCUT2D eigenvalue weighted by atomic mass is 10.0. The Hall–Kier alpha value is -4.34. The number of benzene rings is 3. The van der Waals surface area contributed by atoms with Gasteiger partial charge in [-0.05, 0) is 41.8 Å². The van der Waals surface area contributed by atoms with Crippen molar-refractivity contribution < 1.29 is 32.6 Å². The molecule has 0 aliphatic heterocycles. The largest absolute Gasteiger partial charge is 0.492 e. The average Bonchev–Trinajstić information content (AvgIpc) is 2.83. The number of nitrogens with two attached hydrogens (primary N) is 1. The minimum atomic E-state index is -5.08. The molecule has 0 aliphatic carbocycles. The van der Waals surface area contributed by atoms with E-state index in [4.69, 9.17) is 25.8 Å². The lowest BCUT2D eigenvalue weighted by Crippen LogP contribution is -2.28. The van der Waals surface area contributed by atoms with Crippen LogP contribution in [-0.4, -0.2) is 42.1 Å². The number of carbonyl (C=O) groups excluding carboxylic acids is 1. The van der Waals surface area contributed by atoms with Gasteiger partial charge in [-0.1, -0.05) is 54.6 Å². The fourth-order valence-corrected chi connectivity index (χ4v) is 2.79. The zero-order chi connectivity index (χ0) is 25.8. The third-order valence-corrected chi connectivity index (χ3v) is 4.51. The molecule has 184 valence electrons. The number of nitrogens with one attached hydrogen (secondary N) is 2. The molecule has 0 atom stereocenters. The minimum absolute atomic E-state index is 0.00513. The predicted octanol–water partition coefficient (Wildman–Crippen LogP) is 4.00. The van der Waals surface area contributed by atoms with Crippen molar-refractivity contribution in [3.05, 3.63) is 101 Å². The summed E-state index contributed by atoms with van der Waals surface area (Å²) >= 11 is 0. The third kappa shape index (κ3) is 9.58. The van der Waals surface area contributed by atoms with Crippen LogP contribution < -0.4 is 15.8 Å². The van der Waals surface area contributed by atoms with Crippen molar-refractivity contribution in [2.24, 2.45) is 5.73 Å². The van der Waals surface area contributed by atoms with E-state index in [2.05, 4.69) is 17.4 Å². The first-order valence-electron chi connectivity index (χ1n) is 10.3. The number of carbonyl (C=O) groups is 2. The van der Waals surface area contributed by atoms with Crippen LogP contribution in [0.15, 0.2) is 78.9 Å². The number of aliphatic carboxylic acids is 1. The lowest BCUT2D eigenvalue weighted by Gasteiger charge is -2.09. The van der Waals surface area contributed by atoms with Gasteiger partial charge in [-0.2, -0.15) is 13.2 Å². The van der Waals surface area contributed by atoms with Crippen LogP contribution in [0.2, 0.25) is 0 Å². The minimum Gasteiger partial charge on any atom is -0.492 e. The molecule has 0 bridgehead atoms. The molecule has 0 heterocycles. The van der Waals surface area contributed by atoms with Gasteiger partial charge < -0.3 is 20.9 Å². The summed E-state index contributed by atoms with van der Waals surface area (Å²) in [7, 11) is 0. The second kappa shape index (κ2) is 12.8. The molecular formula is C25H24F3N3O4. The van der Waals surface area contributed by atoms with E-state index in [0.29, 0.717) is 30.0 Å². The second-order valence-electron chi connectivity index (χ2n) is 7.21. The summed E-state index contributed by atoms with van der Waals surface area (Å²) in [5, 5.41) is 17.4. The number of rotatable bonds is 8. The van der Waals surface area contributed by atoms with E-state index in [0.717, 1.165) is 12.0 Å². The van der Waals surface area contributed by atoms with Crippen LogP contribution in [0.1, 0.15) is 27.0 Å². The molecule has 0 unspecified atom stereocenters. The number of hydrogen-bond donors (Lipinski definition) is 4. The Kier molecular flexibility index (Phi) is 9.83. The van der Waals surface area contributed by atoms with E-state index in [1.807, 2.05) is 42.5 Å². The molecule has 7 nitrogen and oxygen atoms in total. The number of halogens is 3. The van der Waals surface area contributed by atoms with Gasteiger partial charge in [-0.3, -0.25) is 10.2 Å². The Bertz CT molecular complexity index is 1130. The first-order chi connectivity index (χ1) is 16.6. The van der Waals surface area contributed by atoms with Crippen LogP contribution in [0, 0.1) is 5.41 Å². The highest BCUT2D eigenvalue weighted by molar-refractivity contribution is 5.95. The van der Waals surface area contributed by atoms with E-state index in [1.54, 1.807) is 24.3 Å². The molecule has 3 rings (SSSR count). The lowest BCUT2D eigenvalue weighted by molar-refractivity contribution is -0.192. The zero-order valence-electron chi connectivity index (χ0n) is 18.5. The summed E-state index contributed by atoms with van der Waals surface area (Å²) in [5.41, 5.74) is 9.10. The SMILES string of the molecule is N=C(N)c1cccc(OCCNC(=O)c2ccc(Cc3ccccc3)cc2)c1.O=C(O)C(F)(F)F. The van der Waals surface area contributed by atoms with Gasteiger partial charge in [0.15, 0.2) is 0 Å². The Morgan fingerprint density at radius 2 is 1.51 bits per heavy atom. The number of hydrogen-bond acceptors (Lipinski definition) is 4. The molecule has 0 radical (unpaired) electrons. The summed E-state index contributed by atoms with van der Waals surface area (Å²) in [6.07, 6.45) is -4.24. The van der Waals surface area contributed by atoms with E-state index < -0.39 is 12.1 Å². The molecule has 10 heteroatoms. The van der Waals surface area contributed by atoms with Crippen LogP contribution in [0.3, 0.4) is 0 Å². The zero-order valence-corrected chi connectivity index (χ0v) is 18.5. The van der Waals surface area contributed by atoms with Gasteiger partial charge in [-0.25, -0.2) is 4.79 Å². The summed E-state index contributed by atoms with van der Waals surface area (Å²) in [4.78, 5) is 21.2. The molecule has 0 saturated heterocycles. The highest BCUT2D eigenvalue weighted by atomic mass is 19.4. The fraction of sp³-hybridized carbons (Fsp3) is 0.160. The van der Waals surface area contributed by atoms with Crippen molar-refractivity contribution in [2.45, 2.75) is 12.6 Å². The number of amidine groups is 1. The number of amides is 1. The van der Waals surface area contributed by atoms with Crippen LogP contribution in [0.25, 0.3) is 0 Å². The van der Waals surface area contributed by atoms with Gasteiger partial charge >= 0.3 is 12.1 Å². The van der Waals surface area contributed by atoms with Gasteiger partial charge in [0.2, 0.25) is 0 Å². The standard InChI is InChI=1S/C23H23N3O2.C2HF3O2/c24-22(25)20-7-4-8-21(16-20)28-14-13-26-23(27)19-11-9-18(10-12-19)15-17-5-2-1-3-6-17;3-2(4,5)1(6)7/h1-12,16H,13-15H2,(H3,24,25)(H,26,27);(H,6,7). The number of carboxylic acids is 1. The molecule has 5 N–H and O–H groups in total. The molecule has 35 heavy (non-hydrogen) atoms. The molecule has 0 aliphatic rings. The molecule has 0 fully saturated rings. The highest BCUT2D eigenvalue weighted by Gasteiger charge is 2.38. The summed E-state index contributed by atoms with van der Waals surface area (Å²) in [5.74, 6) is -2.28. The van der Waals surface area contributed by atoms with Crippen molar-refractivity contribution in [1.82, 2.24) is 5.32 Å². The van der Waals surface area contributed by atoms with Crippen LogP contribution in [0.5, 0.6) is 5.75 Å². The van der Waals surface area contributed by atoms with Crippen LogP contribution >= 0.6 is 0 Å². The van der Waals surface area contributed by atoms with Crippen molar-refractivity contribution in [2.75, 3.05) is 13.2 Å². The van der Waals surface area contributed by atoms with Crippen LogP contribution in [0.4, 0.5) is 13.2 Å². The maximum Gasteiger partial charge on any atom is 0.490 e. The molecule has 0 saturated carbocycles. The first kappa shape index (κ1) is 26.9. The fourth-order valence-electron chi connectivity index (χ4n) is 2.79. The quantitative estimate of drug-likeness (QED) is 0.217. The van der Waals surface area contributed by atoms with E-state index in [9.17, 15) is 18.0 Å². The van der Waals surface area contributed by atoms with Crippen molar-refractivity contribution in [1.29, 1.82) is 5.41 Å². The molecule has 0 spiro atoms. The topological polar surface area (TPSA) is 126 Å². The normalized spacial score (nSPS) is 10.5. The number of nitrogen functional groups attached to an aromatic ring is 1. The smallest absolute Gasteiger partial charge is 0.490 e. The molecule has 0 aromatic heterocycles. The van der Waals surface area contributed by atoms with Gasteiger partial charge in [-0.15, -0.1) is 0 Å². The van der Waals surface area contributed by atoms with E-state index in [-0.39, 0.29) is 11.7 Å². The third-order valence-electron chi connectivity index (χ3n) is 4.51. The highest BCUT2D eigenvalue weighted by Crippen LogP contribution is 2.14. The van der Waals surface area contributed by atoms with Crippen LogP contribution in [-0.2, 0) is 11.2 Å². The van der Waals surface area contributed by atoms with Gasteiger partial charge in [0, 0.05) is 11.1 Å². The van der Waals surface area contributed by atoms with Crippen molar-refractivity contribution >= 4 is 17.7 Å². The molecular weight excluding hydrogens is 463 g/mol. The maximum atomic E-state index is 12.3. The van der Waals surface area contributed by atoms with Gasteiger partial charge in [0.25, 0.3) is 5.91 Å². The Morgan fingerprint density at radius 3 is 2.09 bits per heavy atom.